The summed E-state index contributed by atoms with van der Waals surface area (Å²) in [5.41, 5.74) is -1.46. The van der Waals surface area contributed by atoms with E-state index in [4.69, 9.17) is 18.9 Å². The van der Waals surface area contributed by atoms with Crippen molar-refractivity contribution in [1.29, 1.82) is 0 Å². The van der Waals surface area contributed by atoms with Crippen LogP contribution in [0.1, 0.15) is 114 Å². The van der Waals surface area contributed by atoms with Gasteiger partial charge in [0.2, 0.25) is 0 Å². The van der Waals surface area contributed by atoms with Gasteiger partial charge in [0, 0.05) is 17.3 Å². The van der Waals surface area contributed by atoms with Gasteiger partial charge in [-0.1, -0.05) is 53.2 Å². The first kappa shape index (κ1) is 43.5. The fraction of sp³-hybridized carbons (Fsp3) is 0.929. The number of aliphatic hydroxyl groups excluding tert-OH is 7. The lowest BCUT2D eigenvalue weighted by Crippen LogP contribution is -2.65. The minimum absolute atomic E-state index is 0.00880. The molecule has 3 saturated carbocycles. The van der Waals surface area contributed by atoms with Crippen molar-refractivity contribution >= 4 is 5.78 Å². The maximum absolute atomic E-state index is 14.8. The van der Waals surface area contributed by atoms with E-state index < -0.39 is 96.7 Å². The third kappa shape index (κ3) is 7.01. The summed E-state index contributed by atoms with van der Waals surface area (Å²) in [5.74, 6) is 1.05. The van der Waals surface area contributed by atoms with Crippen molar-refractivity contribution in [1.82, 2.24) is 0 Å². The Morgan fingerprint density at radius 3 is 2.18 bits per heavy atom. The van der Waals surface area contributed by atoms with Crippen LogP contribution in [0.5, 0.6) is 0 Å². The monoisotopic (exact) mass is 782 g/mol. The van der Waals surface area contributed by atoms with Crippen LogP contribution in [0, 0.1) is 45.3 Å². The number of carbonyl (C=O) groups is 1. The van der Waals surface area contributed by atoms with E-state index in [-0.39, 0.29) is 28.6 Å². The minimum Gasteiger partial charge on any atom is -0.394 e. The largest absolute Gasteiger partial charge is 0.394 e. The van der Waals surface area contributed by atoms with Crippen LogP contribution < -0.4 is 0 Å². The molecule has 13 nitrogen and oxygen atoms in total. The average molecular weight is 783 g/mol. The first-order chi connectivity index (χ1) is 25.4. The van der Waals surface area contributed by atoms with Crippen LogP contribution in [0.3, 0.4) is 0 Å². The zero-order valence-corrected chi connectivity index (χ0v) is 34.3. The predicted octanol–water partition coefficient (Wildman–Crippen LogP) is 2.36. The third-order valence-electron chi connectivity index (χ3n) is 16.3. The van der Waals surface area contributed by atoms with Crippen molar-refractivity contribution < 1.29 is 64.6 Å². The molecule has 8 N–H and O–H groups in total. The lowest BCUT2D eigenvalue weighted by Gasteiger charge is -2.65. The SMILES string of the molecule is C[C@H](CC[C@@H](O)C(C)(C)O)[C@H]1CC[C@@]2(C)[C@@H]3CC=C4[C@@H](CC[C@H](O[C@@H]5O[C@H](CO)[C@@H](O)[C@H](O)[C@H]5O[C@H]5O[C@@H](C)[C@H](O)[C@@H](O)[C@H]5O)C4(C)C)[C@]3(C)C(=O)C[C@]12C. The van der Waals surface area contributed by atoms with Gasteiger partial charge in [0.25, 0.3) is 0 Å². The molecule has 0 radical (unpaired) electrons. The zero-order chi connectivity index (χ0) is 40.8. The number of carbonyl (C=O) groups excluding carboxylic acids is 1. The molecule has 0 spiro atoms. The Bertz CT molecular complexity index is 1430. The predicted molar refractivity (Wildman–Crippen MR) is 200 cm³/mol. The van der Waals surface area contributed by atoms with Crippen LogP contribution in [0.2, 0.25) is 0 Å². The maximum Gasteiger partial charge on any atom is 0.187 e. The van der Waals surface area contributed by atoms with Crippen molar-refractivity contribution in [2.75, 3.05) is 6.61 Å². The van der Waals surface area contributed by atoms with Crippen molar-refractivity contribution in [2.24, 2.45) is 45.3 Å². The Hall–Kier alpha value is -1.07. The van der Waals surface area contributed by atoms with E-state index in [9.17, 15) is 45.6 Å². The van der Waals surface area contributed by atoms with Crippen molar-refractivity contribution in [3.63, 3.8) is 0 Å². The lowest BCUT2D eigenvalue weighted by molar-refractivity contribution is -0.372. The standard InChI is InChI=1S/C42H70O13/c1-20(10-14-27(44)39(5,6)51)22-16-17-40(7)26-13-11-23-24(42(26,9)28(45)18-41(22,40)8)12-15-29(38(23,3)4)54-37-35(33(49)31(47)25(19-43)53-37)55-36-34(50)32(48)30(46)21(2)52-36/h11,20-22,24-27,29-37,43-44,46-51H,10,12-19H2,1-9H3/t20-,21+,22-,24-,25-,26+,27-,29+,30+,31-,32-,33+,34-,35-,36-,37+,40+,41-,42+/m1/s1. The zero-order valence-electron chi connectivity index (χ0n) is 34.3. The van der Waals surface area contributed by atoms with E-state index in [0.29, 0.717) is 37.4 Å². The van der Waals surface area contributed by atoms with Gasteiger partial charge in [0.15, 0.2) is 12.6 Å². The Balaban J connectivity index is 1.23. The normalized spacial score (nSPS) is 49.7. The van der Waals surface area contributed by atoms with Gasteiger partial charge in [0.1, 0.15) is 48.5 Å². The molecule has 5 fully saturated rings. The Kier molecular flexibility index (Phi) is 12.0. The Morgan fingerprint density at radius 2 is 1.55 bits per heavy atom. The molecule has 0 amide bonds. The van der Waals surface area contributed by atoms with Crippen LogP contribution in [0.25, 0.3) is 0 Å². The van der Waals surface area contributed by atoms with Crippen molar-refractivity contribution in [2.45, 2.75) is 193 Å². The van der Waals surface area contributed by atoms with Crippen molar-refractivity contribution in [3.8, 4) is 0 Å². The van der Waals surface area contributed by atoms with Gasteiger partial charge in [-0.15, -0.1) is 0 Å². The number of fused-ring (bicyclic) bond motifs is 5. The summed E-state index contributed by atoms with van der Waals surface area (Å²) in [7, 11) is 0. The number of hydrogen-bond acceptors (Lipinski definition) is 13. The second-order valence-electron chi connectivity index (χ2n) is 20.0. The summed E-state index contributed by atoms with van der Waals surface area (Å²) in [4.78, 5) is 14.8. The summed E-state index contributed by atoms with van der Waals surface area (Å²) < 4.78 is 24.3. The summed E-state index contributed by atoms with van der Waals surface area (Å²) in [5, 5.41) is 84.3. The highest BCUT2D eigenvalue weighted by molar-refractivity contribution is 5.88. The molecule has 316 valence electrons. The third-order valence-corrected chi connectivity index (χ3v) is 16.3. The van der Waals surface area contributed by atoms with E-state index in [2.05, 4.69) is 47.6 Å². The number of Topliss-reactive ketones (excluding diaryl/α,β-unsaturated/α-hetero) is 1. The number of ether oxygens (including phenoxy) is 4. The molecule has 55 heavy (non-hydrogen) atoms. The summed E-state index contributed by atoms with van der Waals surface area (Å²) in [6.45, 7) is 17.5. The molecule has 6 aliphatic rings. The second-order valence-corrected chi connectivity index (χ2v) is 20.0. The Labute approximate surface area is 326 Å². The number of hydrogen-bond donors (Lipinski definition) is 8. The van der Waals surface area contributed by atoms with Gasteiger partial charge in [-0.05, 0) is 100 Å². The molecular formula is C42H70O13. The van der Waals surface area contributed by atoms with Gasteiger partial charge in [-0.3, -0.25) is 4.79 Å². The summed E-state index contributed by atoms with van der Waals surface area (Å²) in [6.07, 6.45) is -7.17. The van der Waals surface area contributed by atoms with E-state index in [1.165, 1.54) is 6.92 Å². The molecule has 0 aromatic rings. The number of allylic oxidation sites excluding steroid dienone is 1. The molecular weight excluding hydrogens is 712 g/mol. The number of rotatable bonds is 10. The van der Waals surface area contributed by atoms with Gasteiger partial charge in [-0.25, -0.2) is 0 Å². The van der Waals surface area contributed by atoms with Gasteiger partial charge in [0.05, 0.1) is 30.5 Å². The fourth-order valence-electron chi connectivity index (χ4n) is 12.3. The highest BCUT2D eigenvalue weighted by Gasteiger charge is 2.70. The van der Waals surface area contributed by atoms with Gasteiger partial charge < -0.3 is 59.8 Å². The molecule has 13 heteroatoms. The summed E-state index contributed by atoms with van der Waals surface area (Å²) >= 11 is 0. The first-order valence-electron chi connectivity index (χ1n) is 20.7. The van der Waals surface area contributed by atoms with Crippen molar-refractivity contribution in [3.05, 3.63) is 11.6 Å². The van der Waals surface area contributed by atoms with Crippen LogP contribution in [-0.2, 0) is 23.7 Å². The number of aliphatic hydroxyl groups is 8. The molecule has 2 aliphatic heterocycles. The summed E-state index contributed by atoms with van der Waals surface area (Å²) in [6, 6.07) is 0. The minimum atomic E-state index is -1.67. The molecule has 0 unspecified atom stereocenters. The van der Waals surface area contributed by atoms with Crippen LogP contribution in [-0.4, -0.2) is 132 Å². The van der Waals surface area contributed by atoms with Gasteiger partial charge >= 0.3 is 0 Å². The highest BCUT2D eigenvalue weighted by Crippen LogP contribution is 2.74. The Morgan fingerprint density at radius 1 is 0.873 bits per heavy atom. The van der Waals surface area contributed by atoms with E-state index in [1.807, 2.05) is 0 Å². The van der Waals surface area contributed by atoms with E-state index in [1.54, 1.807) is 13.8 Å². The molecule has 4 aliphatic carbocycles. The van der Waals surface area contributed by atoms with Crippen LogP contribution in [0.4, 0.5) is 0 Å². The van der Waals surface area contributed by atoms with Gasteiger partial charge in [-0.2, -0.15) is 0 Å². The molecule has 0 aromatic carbocycles. The van der Waals surface area contributed by atoms with Crippen LogP contribution >= 0.6 is 0 Å². The average Bonchev–Trinajstić information content (AvgIpc) is 3.38. The first-order valence-corrected chi connectivity index (χ1v) is 20.7. The smallest absolute Gasteiger partial charge is 0.187 e. The molecule has 2 heterocycles. The molecule has 6 rings (SSSR count). The van der Waals surface area contributed by atoms with Crippen LogP contribution in [0.15, 0.2) is 11.6 Å². The topological polar surface area (TPSA) is 216 Å². The highest BCUT2D eigenvalue weighted by atomic mass is 16.8. The molecule has 0 aromatic heterocycles. The van der Waals surface area contributed by atoms with E-state index >= 15 is 0 Å². The molecule has 0 bridgehead atoms. The quantitative estimate of drug-likeness (QED) is 0.150. The fourth-order valence-corrected chi connectivity index (χ4v) is 12.3. The lowest BCUT2D eigenvalue weighted by atomic mass is 9.38. The van der Waals surface area contributed by atoms with E-state index in [0.717, 1.165) is 31.3 Å². The molecule has 19 atom stereocenters. The molecule has 2 saturated heterocycles. The second kappa shape index (κ2) is 15.2. The number of ketones is 1. The maximum atomic E-state index is 14.8.